The standard InChI is InChI=1S/C21H27FN4O2/c1-16-15-19(27)20(24-26(16)18-10-5-4-9-17(18)22)21(28)23-11-8-14-25-12-6-2-3-7-13-25/h4-5,9-10,15H,2-3,6-8,11-14H2,1H3,(H,23,28). The van der Waals surface area contributed by atoms with Gasteiger partial charge in [0.05, 0.1) is 0 Å². The van der Waals surface area contributed by atoms with Crippen molar-refractivity contribution in [3.05, 3.63) is 57.8 Å². The van der Waals surface area contributed by atoms with Crippen LogP contribution in [0.1, 0.15) is 48.3 Å². The maximum Gasteiger partial charge on any atom is 0.275 e. The monoisotopic (exact) mass is 386 g/mol. The predicted octanol–water partition coefficient (Wildman–Crippen LogP) is 2.68. The van der Waals surface area contributed by atoms with E-state index in [9.17, 15) is 14.0 Å². The van der Waals surface area contributed by atoms with E-state index in [1.165, 1.54) is 42.5 Å². The van der Waals surface area contributed by atoms with E-state index in [0.29, 0.717) is 12.2 Å². The molecular weight excluding hydrogens is 359 g/mol. The molecule has 0 aliphatic carbocycles. The van der Waals surface area contributed by atoms with Crippen molar-refractivity contribution < 1.29 is 9.18 Å². The highest BCUT2D eigenvalue weighted by atomic mass is 19.1. The van der Waals surface area contributed by atoms with Crippen LogP contribution in [0.5, 0.6) is 0 Å². The van der Waals surface area contributed by atoms with Gasteiger partial charge in [0.15, 0.2) is 5.69 Å². The first-order valence-electron chi connectivity index (χ1n) is 9.92. The van der Waals surface area contributed by atoms with Gasteiger partial charge in [-0.05, 0) is 58.0 Å². The molecule has 1 fully saturated rings. The molecule has 150 valence electrons. The summed E-state index contributed by atoms with van der Waals surface area (Å²) in [6, 6.07) is 7.44. The molecule has 7 heteroatoms. The van der Waals surface area contributed by atoms with Crippen molar-refractivity contribution in [1.82, 2.24) is 20.0 Å². The third kappa shape index (κ3) is 5.04. The van der Waals surface area contributed by atoms with Crippen LogP contribution in [0.15, 0.2) is 35.1 Å². The van der Waals surface area contributed by atoms with Gasteiger partial charge in [-0.25, -0.2) is 9.07 Å². The molecular formula is C21H27FN4O2. The average molecular weight is 386 g/mol. The first-order valence-corrected chi connectivity index (χ1v) is 9.92. The third-order valence-corrected chi connectivity index (χ3v) is 5.04. The predicted molar refractivity (Wildman–Crippen MR) is 106 cm³/mol. The van der Waals surface area contributed by atoms with Crippen molar-refractivity contribution in [2.24, 2.45) is 0 Å². The van der Waals surface area contributed by atoms with Crippen LogP contribution in [0.4, 0.5) is 4.39 Å². The van der Waals surface area contributed by atoms with Crippen molar-refractivity contribution in [3.8, 4) is 5.69 Å². The molecule has 2 heterocycles. The molecule has 0 atom stereocenters. The van der Waals surface area contributed by atoms with Crippen LogP contribution in [-0.2, 0) is 0 Å². The summed E-state index contributed by atoms with van der Waals surface area (Å²) >= 11 is 0. The van der Waals surface area contributed by atoms with Crippen LogP contribution in [-0.4, -0.2) is 46.8 Å². The maximum absolute atomic E-state index is 14.1. The molecule has 1 aromatic heterocycles. The largest absolute Gasteiger partial charge is 0.350 e. The molecule has 0 saturated carbocycles. The molecule has 2 aromatic rings. The Hall–Kier alpha value is -2.54. The number of carbonyl (C=O) groups is 1. The Morgan fingerprint density at radius 2 is 1.89 bits per heavy atom. The normalized spacial score (nSPS) is 15.2. The maximum atomic E-state index is 14.1. The van der Waals surface area contributed by atoms with E-state index in [1.54, 1.807) is 25.1 Å². The molecule has 0 bridgehead atoms. The molecule has 0 radical (unpaired) electrons. The Balaban J connectivity index is 1.64. The van der Waals surface area contributed by atoms with Gasteiger partial charge in [0, 0.05) is 18.3 Å². The SMILES string of the molecule is Cc1cc(=O)c(C(=O)NCCCN2CCCCCC2)nn1-c1ccccc1F. The molecule has 1 amide bonds. The van der Waals surface area contributed by atoms with E-state index >= 15 is 0 Å². The van der Waals surface area contributed by atoms with Crippen LogP contribution in [0, 0.1) is 12.7 Å². The summed E-state index contributed by atoms with van der Waals surface area (Å²) in [5.74, 6) is -0.989. The minimum Gasteiger partial charge on any atom is -0.350 e. The lowest BCUT2D eigenvalue weighted by molar-refractivity contribution is 0.0943. The summed E-state index contributed by atoms with van der Waals surface area (Å²) in [7, 11) is 0. The number of para-hydroxylation sites is 1. The second-order valence-corrected chi connectivity index (χ2v) is 7.23. The summed E-state index contributed by atoms with van der Waals surface area (Å²) in [5.41, 5.74) is -0.0123. The summed E-state index contributed by atoms with van der Waals surface area (Å²) in [6.45, 7) is 5.29. The van der Waals surface area contributed by atoms with Crippen molar-refractivity contribution in [3.63, 3.8) is 0 Å². The Morgan fingerprint density at radius 1 is 1.18 bits per heavy atom. The van der Waals surface area contributed by atoms with Crippen molar-refractivity contribution >= 4 is 5.91 Å². The molecule has 1 aromatic carbocycles. The van der Waals surface area contributed by atoms with Crippen LogP contribution in [0.3, 0.4) is 0 Å². The highest BCUT2D eigenvalue weighted by Gasteiger charge is 2.16. The molecule has 1 saturated heterocycles. The lowest BCUT2D eigenvalue weighted by atomic mass is 10.2. The fourth-order valence-corrected chi connectivity index (χ4v) is 3.52. The molecule has 1 N–H and O–H groups in total. The lowest BCUT2D eigenvalue weighted by Crippen LogP contribution is -2.34. The summed E-state index contributed by atoms with van der Waals surface area (Å²) in [5, 5.41) is 6.90. The van der Waals surface area contributed by atoms with E-state index in [0.717, 1.165) is 26.1 Å². The molecule has 28 heavy (non-hydrogen) atoms. The highest BCUT2D eigenvalue weighted by Crippen LogP contribution is 2.13. The Bertz CT molecular complexity index is 873. The van der Waals surface area contributed by atoms with E-state index in [1.807, 2.05) is 0 Å². The fraction of sp³-hybridized carbons (Fsp3) is 0.476. The smallest absolute Gasteiger partial charge is 0.275 e. The number of hydrogen-bond donors (Lipinski definition) is 1. The topological polar surface area (TPSA) is 67.2 Å². The van der Waals surface area contributed by atoms with Gasteiger partial charge in [-0.3, -0.25) is 9.59 Å². The van der Waals surface area contributed by atoms with Gasteiger partial charge in [-0.2, -0.15) is 5.10 Å². The van der Waals surface area contributed by atoms with E-state index < -0.39 is 17.2 Å². The number of rotatable bonds is 6. The number of carbonyl (C=O) groups excluding carboxylic acids is 1. The molecule has 0 unspecified atom stereocenters. The number of nitrogens with zero attached hydrogens (tertiary/aromatic N) is 3. The molecule has 6 nitrogen and oxygen atoms in total. The van der Waals surface area contributed by atoms with Gasteiger partial charge in [-0.1, -0.05) is 25.0 Å². The number of amides is 1. The number of aromatic nitrogens is 2. The number of nitrogens with one attached hydrogen (secondary N) is 1. The zero-order valence-corrected chi connectivity index (χ0v) is 16.3. The minimum absolute atomic E-state index is 0.204. The lowest BCUT2D eigenvalue weighted by Gasteiger charge is -2.19. The van der Waals surface area contributed by atoms with E-state index in [2.05, 4.69) is 15.3 Å². The van der Waals surface area contributed by atoms with Gasteiger partial charge in [0.1, 0.15) is 11.5 Å². The summed E-state index contributed by atoms with van der Waals surface area (Å²) in [4.78, 5) is 27.1. The van der Waals surface area contributed by atoms with Crippen LogP contribution in [0.25, 0.3) is 5.69 Å². The van der Waals surface area contributed by atoms with Crippen LogP contribution >= 0.6 is 0 Å². The highest BCUT2D eigenvalue weighted by molar-refractivity contribution is 5.92. The molecule has 1 aliphatic heterocycles. The third-order valence-electron chi connectivity index (χ3n) is 5.04. The van der Waals surface area contributed by atoms with Gasteiger partial charge in [0.2, 0.25) is 5.43 Å². The van der Waals surface area contributed by atoms with Crippen LogP contribution < -0.4 is 10.7 Å². The fourth-order valence-electron chi connectivity index (χ4n) is 3.52. The zero-order valence-electron chi connectivity index (χ0n) is 16.3. The number of halogens is 1. The zero-order chi connectivity index (χ0) is 19.9. The number of hydrogen-bond acceptors (Lipinski definition) is 4. The summed E-state index contributed by atoms with van der Waals surface area (Å²) in [6.07, 6.45) is 5.87. The van der Waals surface area contributed by atoms with Gasteiger partial charge < -0.3 is 10.2 Å². The second kappa shape index (κ2) is 9.59. The Labute approximate surface area is 164 Å². The first kappa shape index (κ1) is 20.2. The summed E-state index contributed by atoms with van der Waals surface area (Å²) < 4.78 is 15.4. The molecule has 1 aliphatic rings. The van der Waals surface area contributed by atoms with Crippen molar-refractivity contribution in [2.45, 2.75) is 39.0 Å². The Morgan fingerprint density at radius 3 is 2.61 bits per heavy atom. The minimum atomic E-state index is -0.522. The number of likely N-dealkylation sites (tertiary alicyclic amines) is 1. The average Bonchev–Trinajstić information content (AvgIpc) is 2.95. The quantitative estimate of drug-likeness (QED) is 0.775. The van der Waals surface area contributed by atoms with E-state index in [-0.39, 0.29) is 11.4 Å². The second-order valence-electron chi connectivity index (χ2n) is 7.23. The number of aryl methyl sites for hydroxylation is 1. The van der Waals surface area contributed by atoms with Gasteiger partial charge in [-0.15, -0.1) is 0 Å². The van der Waals surface area contributed by atoms with Crippen LogP contribution in [0.2, 0.25) is 0 Å². The number of benzene rings is 1. The van der Waals surface area contributed by atoms with Crippen molar-refractivity contribution in [1.29, 1.82) is 0 Å². The van der Waals surface area contributed by atoms with Crippen molar-refractivity contribution in [2.75, 3.05) is 26.2 Å². The Kier molecular flexibility index (Phi) is 6.92. The van der Waals surface area contributed by atoms with E-state index in [4.69, 9.17) is 0 Å². The van der Waals surface area contributed by atoms with Gasteiger partial charge >= 0.3 is 0 Å². The molecule has 3 rings (SSSR count). The van der Waals surface area contributed by atoms with Gasteiger partial charge in [0.25, 0.3) is 5.91 Å². The first-order chi connectivity index (χ1) is 13.6. The molecule has 0 spiro atoms.